The monoisotopic (exact) mass is 309 g/mol. The molecular formula is C18H19N3O2. The Morgan fingerprint density at radius 2 is 1.83 bits per heavy atom. The van der Waals surface area contributed by atoms with Gasteiger partial charge in [-0.25, -0.2) is 0 Å². The van der Waals surface area contributed by atoms with Crippen LogP contribution in [-0.4, -0.2) is 43.7 Å². The number of nitrogens with zero attached hydrogens (tertiary/aromatic N) is 3. The van der Waals surface area contributed by atoms with Crippen molar-refractivity contribution < 1.29 is 9.53 Å². The Morgan fingerprint density at radius 1 is 1.13 bits per heavy atom. The smallest absolute Gasteiger partial charge is 0.274 e. The number of morpholine rings is 1. The molecule has 5 heteroatoms. The average molecular weight is 309 g/mol. The maximum Gasteiger partial charge on any atom is 0.274 e. The summed E-state index contributed by atoms with van der Waals surface area (Å²) in [6.07, 6.45) is 4.47. The Hall–Kier alpha value is -2.32. The van der Waals surface area contributed by atoms with Crippen LogP contribution in [0, 0.1) is 16.7 Å². The van der Waals surface area contributed by atoms with Crippen LogP contribution in [0.5, 0.6) is 0 Å². The molecule has 0 aromatic heterocycles. The molecule has 0 atom stereocenters. The van der Waals surface area contributed by atoms with Crippen molar-refractivity contribution in [3.8, 4) is 6.07 Å². The summed E-state index contributed by atoms with van der Waals surface area (Å²) in [6.45, 7) is 3.64. The van der Waals surface area contributed by atoms with E-state index in [1.165, 1.54) is 0 Å². The number of benzene rings is 1. The Balaban J connectivity index is 1.65. The molecule has 0 N–H and O–H groups in total. The minimum Gasteiger partial charge on any atom is -0.378 e. The molecule has 0 radical (unpaired) electrons. The predicted octanol–water partition coefficient (Wildman–Crippen LogP) is 1.90. The highest BCUT2D eigenvalue weighted by Gasteiger charge is 2.48. The molecule has 1 amide bonds. The van der Waals surface area contributed by atoms with Crippen LogP contribution >= 0.6 is 0 Å². The van der Waals surface area contributed by atoms with E-state index in [-0.39, 0.29) is 11.3 Å². The summed E-state index contributed by atoms with van der Waals surface area (Å²) in [6, 6.07) is 9.41. The van der Waals surface area contributed by atoms with Crippen molar-refractivity contribution >= 4 is 11.6 Å². The summed E-state index contributed by atoms with van der Waals surface area (Å²) in [7, 11) is 0. The van der Waals surface area contributed by atoms with Crippen molar-refractivity contribution in [1.82, 2.24) is 4.90 Å². The molecule has 1 aromatic rings. The Labute approximate surface area is 135 Å². The number of amides is 1. The minimum absolute atomic E-state index is 0.0640. The second-order valence-corrected chi connectivity index (χ2v) is 6.54. The first-order valence-corrected chi connectivity index (χ1v) is 8.08. The molecular weight excluding hydrogens is 290 g/mol. The van der Waals surface area contributed by atoms with E-state index >= 15 is 0 Å². The summed E-state index contributed by atoms with van der Waals surface area (Å²) in [5.74, 6) is 0.0640. The lowest BCUT2D eigenvalue weighted by molar-refractivity contribution is -0.117. The standard InChI is InChI=1S/C18H19N3O2/c19-12-14-1-3-15(4-2-14)21-13-18(5-6-18)11-16(17(21)22)20-7-9-23-10-8-20/h1-4,11H,5-10,13H2. The maximum atomic E-state index is 13.0. The van der Waals surface area contributed by atoms with Crippen molar-refractivity contribution in [2.45, 2.75) is 12.8 Å². The summed E-state index contributed by atoms with van der Waals surface area (Å²) in [4.78, 5) is 17.0. The molecule has 23 heavy (non-hydrogen) atoms. The number of nitriles is 1. The maximum absolute atomic E-state index is 13.0. The molecule has 4 rings (SSSR count). The first-order chi connectivity index (χ1) is 11.2. The number of carbonyl (C=O) groups excluding carboxylic acids is 1. The van der Waals surface area contributed by atoms with Gasteiger partial charge in [0, 0.05) is 30.7 Å². The molecule has 1 aromatic carbocycles. The second kappa shape index (κ2) is 5.39. The molecule has 0 unspecified atom stereocenters. The van der Waals surface area contributed by atoms with Gasteiger partial charge in [0.1, 0.15) is 0 Å². The molecule has 2 fully saturated rings. The van der Waals surface area contributed by atoms with Gasteiger partial charge in [0.15, 0.2) is 0 Å². The molecule has 1 saturated carbocycles. The Bertz CT molecular complexity index is 692. The third kappa shape index (κ3) is 2.60. The molecule has 1 saturated heterocycles. The van der Waals surface area contributed by atoms with Crippen molar-refractivity contribution in [2.24, 2.45) is 5.41 Å². The third-order valence-electron chi connectivity index (χ3n) is 4.93. The molecule has 5 nitrogen and oxygen atoms in total. The molecule has 0 bridgehead atoms. The van der Waals surface area contributed by atoms with Gasteiger partial charge in [0.2, 0.25) is 0 Å². The van der Waals surface area contributed by atoms with Crippen molar-refractivity contribution in [1.29, 1.82) is 5.26 Å². The van der Waals surface area contributed by atoms with Gasteiger partial charge in [-0.1, -0.05) is 0 Å². The van der Waals surface area contributed by atoms with E-state index in [4.69, 9.17) is 10.00 Å². The topological polar surface area (TPSA) is 56.6 Å². The van der Waals surface area contributed by atoms with Crippen molar-refractivity contribution in [2.75, 3.05) is 37.7 Å². The highest BCUT2D eigenvalue weighted by Crippen LogP contribution is 2.51. The summed E-state index contributed by atoms with van der Waals surface area (Å²) in [5.41, 5.74) is 2.46. The first kappa shape index (κ1) is 14.3. The fourth-order valence-corrected chi connectivity index (χ4v) is 3.34. The lowest BCUT2D eigenvalue weighted by Gasteiger charge is -2.38. The first-order valence-electron chi connectivity index (χ1n) is 8.08. The number of ether oxygens (including phenoxy) is 1. The van der Waals surface area contributed by atoms with E-state index in [0.717, 1.165) is 43.9 Å². The van der Waals surface area contributed by atoms with Gasteiger partial charge in [-0.15, -0.1) is 0 Å². The fourth-order valence-electron chi connectivity index (χ4n) is 3.34. The zero-order valence-corrected chi connectivity index (χ0v) is 13.0. The fraction of sp³-hybridized carbons (Fsp3) is 0.444. The largest absolute Gasteiger partial charge is 0.378 e. The van der Waals surface area contributed by atoms with Crippen LogP contribution in [0.15, 0.2) is 36.0 Å². The number of rotatable bonds is 2. The zero-order valence-electron chi connectivity index (χ0n) is 13.0. The Kier molecular flexibility index (Phi) is 3.35. The van der Waals surface area contributed by atoms with Gasteiger partial charge in [-0.05, 0) is 43.2 Å². The van der Waals surface area contributed by atoms with Gasteiger partial charge in [-0.2, -0.15) is 5.26 Å². The van der Waals surface area contributed by atoms with Gasteiger partial charge in [0.05, 0.1) is 30.5 Å². The normalized spacial score (nSPS) is 22.7. The third-order valence-corrected chi connectivity index (χ3v) is 4.93. The van der Waals surface area contributed by atoms with E-state index in [1.54, 1.807) is 12.1 Å². The van der Waals surface area contributed by atoms with Crippen molar-refractivity contribution in [3.63, 3.8) is 0 Å². The Morgan fingerprint density at radius 3 is 2.43 bits per heavy atom. The van der Waals surface area contributed by atoms with E-state index in [2.05, 4.69) is 17.0 Å². The van der Waals surface area contributed by atoms with Crippen LogP contribution in [0.2, 0.25) is 0 Å². The predicted molar refractivity (Wildman–Crippen MR) is 85.7 cm³/mol. The highest BCUT2D eigenvalue weighted by molar-refractivity contribution is 6.06. The number of hydrogen-bond donors (Lipinski definition) is 0. The van der Waals surface area contributed by atoms with Crippen LogP contribution < -0.4 is 4.90 Å². The van der Waals surface area contributed by atoms with Crippen LogP contribution in [-0.2, 0) is 9.53 Å². The van der Waals surface area contributed by atoms with Gasteiger partial charge >= 0.3 is 0 Å². The number of anilines is 1. The van der Waals surface area contributed by atoms with Crippen LogP contribution in [0.3, 0.4) is 0 Å². The van der Waals surface area contributed by atoms with Gasteiger partial charge in [0.25, 0.3) is 5.91 Å². The van der Waals surface area contributed by atoms with E-state index in [9.17, 15) is 4.79 Å². The molecule has 1 spiro atoms. The molecule has 3 aliphatic rings. The molecule has 2 aliphatic heterocycles. The number of hydrogen-bond acceptors (Lipinski definition) is 4. The van der Waals surface area contributed by atoms with Crippen molar-refractivity contribution in [3.05, 3.63) is 41.6 Å². The number of carbonyl (C=O) groups is 1. The van der Waals surface area contributed by atoms with E-state index in [0.29, 0.717) is 18.8 Å². The summed E-state index contributed by atoms with van der Waals surface area (Å²) in [5, 5.41) is 8.94. The van der Waals surface area contributed by atoms with E-state index in [1.807, 2.05) is 17.0 Å². The summed E-state index contributed by atoms with van der Waals surface area (Å²) < 4.78 is 5.41. The lowest BCUT2D eigenvalue weighted by Crippen LogP contribution is -2.48. The van der Waals surface area contributed by atoms with Crippen LogP contribution in [0.25, 0.3) is 0 Å². The van der Waals surface area contributed by atoms with Crippen LogP contribution in [0.4, 0.5) is 5.69 Å². The highest BCUT2D eigenvalue weighted by atomic mass is 16.5. The van der Waals surface area contributed by atoms with E-state index < -0.39 is 0 Å². The molecule has 2 heterocycles. The second-order valence-electron chi connectivity index (χ2n) is 6.54. The van der Waals surface area contributed by atoms with Crippen LogP contribution in [0.1, 0.15) is 18.4 Å². The SMILES string of the molecule is N#Cc1ccc(N2CC3(C=C(N4CCOCC4)C2=O)CC3)cc1. The van der Waals surface area contributed by atoms with Gasteiger partial charge < -0.3 is 14.5 Å². The summed E-state index contributed by atoms with van der Waals surface area (Å²) >= 11 is 0. The minimum atomic E-state index is 0.0640. The molecule has 118 valence electrons. The lowest BCUT2D eigenvalue weighted by atomic mass is 9.98. The van der Waals surface area contributed by atoms with Gasteiger partial charge in [-0.3, -0.25) is 4.79 Å². The quantitative estimate of drug-likeness (QED) is 0.837. The zero-order chi connectivity index (χ0) is 15.9. The molecule has 1 aliphatic carbocycles. The average Bonchev–Trinajstić information content (AvgIpc) is 3.37.